The van der Waals surface area contributed by atoms with E-state index in [1.165, 1.54) is 0 Å². The van der Waals surface area contributed by atoms with Gasteiger partial charge in [0.25, 0.3) is 0 Å². The normalized spacial score (nSPS) is 26.6. The second kappa shape index (κ2) is 22.3. The molecule has 3 aromatic carbocycles. The monoisotopic (exact) mass is 960 g/mol. The fourth-order valence-electron chi connectivity index (χ4n) is 11.0. The molecule has 0 aliphatic carbocycles. The van der Waals surface area contributed by atoms with Gasteiger partial charge in [0.15, 0.2) is 0 Å². The third-order valence-electron chi connectivity index (χ3n) is 14.5. The average molecular weight is 960 g/mol. The highest BCUT2D eigenvalue weighted by molar-refractivity contribution is 5.95. The number of rotatable bonds is 14. The number of benzene rings is 3. The summed E-state index contributed by atoms with van der Waals surface area (Å²) in [6.45, 7) is 30.6. The molecule has 4 amide bonds. The Hall–Kier alpha value is -6.20. The summed E-state index contributed by atoms with van der Waals surface area (Å²) in [5, 5.41) is 3.23. The van der Waals surface area contributed by atoms with Gasteiger partial charge in [-0.2, -0.15) is 0 Å². The van der Waals surface area contributed by atoms with E-state index in [9.17, 15) is 19.2 Å². The van der Waals surface area contributed by atoms with Gasteiger partial charge in [-0.1, -0.05) is 71.5 Å². The van der Waals surface area contributed by atoms with Crippen molar-refractivity contribution in [3.8, 4) is 17.2 Å². The van der Waals surface area contributed by atoms with Crippen molar-refractivity contribution < 1.29 is 33.4 Å². The van der Waals surface area contributed by atoms with Crippen LogP contribution in [-0.4, -0.2) is 151 Å². The Kier molecular flexibility index (Phi) is 16.9. The SMILES string of the molecule is C.COc1ccc(CN2C[C@@]3(C[C@H](C(N)=O)CN3CC(C)C)C2=O)cc1.[C-]#[N+][C@@H]1CN(CC(C)C)C2(C1)CN(Cc1ccc(OC)cc1)C2=O.[C-]#[N+][C@@H]1CNC2(C1)CN(Cc1ccc(OC)cc1)C2=O. The molecule has 6 saturated heterocycles. The summed E-state index contributed by atoms with van der Waals surface area (Å²) >= 11 is 0. The molecule has 0 bridgehead atoms. The number of primary amides is 1. The average Bonchev–Trinajstić information content (AvgIpc) is 4.08. The molecule has 6 atom stereocenters. The first-order valence-corrected chi connectivity index (χ1v) is 24.0. The number of nitrogens with zero attached hydrogens (tertiary/aromatic N) is 7. The van der Waals surface area contributed by atoms with Crippen molar-refractivity contribution in [1.29, 1.82) is 0 Å². The zero-order valence-corrected chi connectivity index (χ0v) is 41.3. The maximum atomic E-state index is 13.0. The summed E-state index contributed by atoms with van der Waals surface area (Å²) in [6, 6.07) is 23.2. The molecule has 0 saturated carbocycles. The van der Waals surface area contributed by atoms with Crippen LogP contribution in [0.25, 0.3) is 9.69 Å². The summed E-state index contributed by atoms with van der Waals surface area (Å²) in [5.41, 5.74) is 7.38. The van der Waals surface area contributed by atoms with Gasteiger partial charge in [0.05, 0.1) is 53.2 Å². The van der Waals surface area contributed by atoms with E-state index in [1.54, 1.807) is 21.3 Å². The fourth-order valence-corrected chi connectivity index (χ4v) is 11.0. The smallest absolute Gasteiger partial charge is 0.245 e. The standard InChI is InChI=1S/C19H27N3O3.C19H25N3O2.C15H17N3O2.CH4/c1-13(2)9-22-11-15(17(20)23)8-19(22)12-21(18(19)24)10-14-4-6-16(25-3)7-5-14;1-14(2)10-22-12-16(20-3)9-19(22)13-21(18(19)23)11-15-5-7-17(24-4)8-6-15;1-16-12-7-15(17-8-12)10-18(14(15)19)9-11-3-5-13(20-2)6-4-11;/h4-7,13,15H,8-12H2,1-3H3,(H2,20,23);5-8,14,16H,9-13H2,1-2,4H3;3-6,12,17H,7-10H2,2H3;1H4/t15-,19-;16-,19?;12-,15?;/m000./s1. The summed E-state index contributed by atoms with van der Waals surface area (Å²) in [6.07, 6.45) is 1.88. The molecule has 9 rings (SSSR count). The van der Waals surface area contributed by atoms with Gasteiger partial charge in [0.2, 0.25) is 35.7 Å². The second-order valence-electron chi connectivity index (χ2n) is 20.4. The van der Waals surface area contributed by atoms with Gasteiger partial charge in [-0.25, -0.2) is 13.1 Å². The zero-order chi connectivity index (χ0) is 49.7. The van der Waals surface area contributed by atoms with Crippen molar-refractivity contribution in [3.63, 3.8) is 0 Å². The van der Waals surface area contributed by atoms with E-state index >= 15 is 0 Å². The topological polar surface area (TPSA) is 159 Å². The van der Waals surface area contributed by atoms with Crippen LogP contribution < -0.4 is 25.3 Å². The molecule has 2 unspecified atom stereocenters. The molecule has 3 aromatic rings. The predicted octanol–water partition coefficient (Wildman–Crippen LogP) is 5.36. The van der Waals surface area contributed by atoms with Gasteiger partial charge < -0.3 is 44.3 Å². The molecule has 6 heterocycles. The molecule has 16 nitrogen and oxygen atoms in total. The molecular weight excluding hydrogens is 887 g/mol. The van der Waals surface area contributed by atoms with Gasteiger partial charge in [0.1, 0.15) is 33.9 Å². The summed E-state index contributed by atoms with van der Waals surface area (Å²) in [4.78, 5) is 67.1. The highest BCUT2D eigenvalue weighted by Gasteiger charge is 2.63. The Balaban J connectivity index is 0.000000172. The predicted molar refractivity (Wildman–Crippen MR) is 268 cm³/mol. The molecule has 70 heavy (non-hydrogen) atoms. The van der Waals surface area contributed by atoms with Crippen LogP contribution >= 0.6 is 0 Å². The van der Waals surface area contributed by atoms with Crippen molar-refractivity contribution in [2.24, 2.45) is 23.5 Å². The minimum Gasteiger partial charge on any atom is -0.497 e. The molecule has 16 heteroatoms. The van der Waals surface area contributed by atoms with Crippen LogP contribution in [0.5, 0.6) is 17.2 Å². The number of methoxy groups -OCH3 is 3. The van der Waals surface area contributed by atoms with Crippen LogP contribution in [-0.2, 0) is 38.8 Å². The summed E-state index contributed by atoms with van der Waals surface area (Å²) in [7, 11) is 4.92. The van der Waals surface area contributed by atoms with E-state index < -0.39 is 16.6 Å². The van der Waals surface area contributed by atoms with Gasteiger partial charge in [-0.05, 0) is 71.3 Å². The lowest BCUT2D eigenvalue weighted by atomic mass is 9.82. The van der Waals surface area contributed by atoms with Crippen LogP contribution in [0.4, 0.5) is 0 Å². The number of amides is 4. The molecular formula is C54H73N9O7. The lowest BCUT2D eigenvalue weighted by Crippen LogP contribution is -2.71. The van der Waals surface area contributed by atoms with Gasteiger partial charge in [0, 0.05) is 58.9 Å². The summed E-state index contributed by atoms with van der Waals surface area (Å²) in [5.74, 6) is 3.27. The van der Waals surface area contributed by atoms with Crippen molar-refractivity contribution in [1.82, 2.24) is 29.8 Å². The lowest BCUT2D eigenvalue weighted by molar-refractivity contribution is -0.163. The molecule has 6 aliphatic rings. The zero-order valence-electron chi connectivity index (χ0n) is 41.3. The quantitative estimate of drug-likeness (QED) is 0.159. The highest BCUT2D eigenvalue weighted by Crippen LogP contribution is 2.43. The number of nitrogens with two attached hydrogens (primary N) is 1. The second-order valence-corrected chi connectivity index (χ2v) is 20.4. The first kappa shape index (κ1) is 53.2. The Morgan fingerprint density at radius 3 is 1.37 bits per heavy atom. The number of ether oxygens (including phenoxy) is 3. The van der Waals surface area contributed by atoms with Crippen LogP contribution in [0.1, 0.15) is 71.1 Å². The maximum Gasteiger partial charge on any atom is 0.245 e. The minimum absolute atomic E-state index is 0. The van der Waals surface area contributed by atoms with E-state index in [0.717, 1.165) is 60.1 Å². The molecule has 3 N–H and O–H groups in total. The van der Waals surface area contributed by atoms with Crippen molar-refractivity contribution >= 4 is 23.6 Å². The molecule has 0 aromatic heterocycles. The van der Waals surface area contributed by atoms with Crippen LogP contribution in [0.15, 0.2) is 72.8 Å². The number of β-lactam (4-membered cyclic amide) rings is 3. The Labute approximate surface area is 415 Å². The number of hydrogen-bond donors (Lipinski definition) is 2. The third kappa shape index (κ3) is 11.0. The van der Waals surface area contributed by atoms with Gasteiger partial charge >= 0.3 is 0 Å². The van der Waals surface area contributed by atoms with E-state index in [-0.39, 0.29) is 49.1 Å². The van der Waals surface area contributed by atoms with Crippen LogP contribution in [0, 0.1) is 30.9 Å². The van der Waals surface area contributed by atoms with Crippen molar-refractivity contribution in [2.45, 2.75) is 103 Å². The molecule has 6 aliphatic heterocycles. The van der Waals surface area contributed by atoms with E-state index in [2.05, 4.69) is 52.5 Å². The van der Waals surface area contributed by atoms with E-state index in [1.807, 2.05) is 87.5 Å². The van der Waals surface area contributed by atoms with E-state index in [0.29, 0.717) is 76.9 Å². The molecule has 3 spiro atoms. The summed E-state index contributed by atoms with van der Waals surface area (Å²) < 4.78 is 15.5. The van der Waals surface area contributed by atoms with Gasteiger partial charge in [-0.15, -0.1) is 0 Å². The number of carbonyl (C=O) groups is 4. The van der Waals surface area contributed by atoms with Crippen molar-refractivity contribution in [2.75, 3.05) is 73.7 Å². The Morgan fingerprint density at radius 1 is 0.629 bits per heavy atom. The number of carbonyl (C=O) groups excluding carboxylic acids is 4. The fraction of sp³-hybridized carbons (Fsp3) is 0.556. The van der Waals surface area contributed by atoms with E-state index in [4.69, 9.17) is 33.1 Å². The largest absolute Gasteiger partial charge is 0.497 e. The highest BCUT2D eigenvalue weighted by atomic mass is 16.5. The van der Waals surface area contributed by atoms with Gasteiger partial charge in [-0.3, -0.25) is 34.3 Å². The first-order chi connectivity index (χ1) is 33.0. The number of likely N-dealkylation sites (tertiary alicyclic amines) is 5. The van der Waals surface area contributed by atoms with Crippen LogP contribution in [0.2, 0.25) is 0 Å². The molecule has 376 valence electrons. The maximum absolute atomic E-state index is 13.0. The number of nitrogens with one attached hydrogen (secondary N) is 1. The Morgan fingerprint density at radius 2 is 1.03 bits per heavy atom. The molecule has 6 fully saturated rings. The third-order valence-corrected chi connectivity index (χ3v) is 14.5. The lowest BCUT2D eigenvalue weighted by Gasteiger charge is -2.51. The minimum atomic E-state index is -0.531. The van der Waals surface area contributed by atoms with Crippen molar-refractivity contribution in [3.05, 3.63) is 112 Å². The first-order valence-electron chi connectivity index (χ1n) is 24.0. The number of hydrogen-bond acceptors (Lipinski definition) is 10. The Bertz CT molecular complexity index is 2400. The molecule has 0 radical (unpaired) electrons. The van der Waals surface area contributed by atoms with Crippen LogP contribution in [0.3, 0.4) is 0 Å².